The third kappa shape index (κ3) is 3.53. The highest BCUT2D eigenvalue weighted by atomic mass is 32.1. The van der Waals surface area contributed by atoms with E-state index in [-0.39, 0.29) is 0 Å². The summed E-state index contributed by atoms with van der Waals surface area (Å²) in [5.41, 5.74) is 0.859. The second-order valence-corrected chi connectivity index (χ2v) is 6.51. The lowest BCUT2D eigenvalue weighted by Gasteiger charge is -2.26. The molecule has 23 heavy (non-hydrogen) atoms. The topological polar surface area (TPSA) is 53.4 Å². The Hall–Kier alpha value is -1.93. The largest absolute Gasteiger partial charge is 0.477 e. The van der Waals surface area contributed by atoms with Crippen LogP contribution in [0.3, 0.4) is 0 Å². The van der Waals surface area contributed by atoms with E-state index in [1.165, 1.54) is 23.6 Å². The molecule has 0 fully saturated rings. The standard InChI is InChI=1S/C15H13F3N2O2S/c16-15(17,18)13-2-1-9(6-19-13)7-20-4-3-10-5-11(14(21)22)23-12(10)8-20/h1-2,5-6H,3-4,7-8H2,(H,21,22). The third-order valence-electron chi connectivity index (χ3n) is 3.69. The number of rotatable bonds is 3. The molecule has 1 aliphatic rings. The summed E-state index contributed by atoms with van der Waals surface area (Å²) >= 11 is 1.26. The predicted octanol–water partition coefficient (Wildman–Crippen LogP) is 3.42. The lowest BCUT2D eigenvalue weighted by Crippen LogP contribution is -2.29. The number of carboxylic acid groups (broad SMARTS) is 1. The van der Waals surface area contributed by atoms with E-state index < -0.39 is 17.8 Å². The Morgan fingerprint density at radius 3 is 2.78 bits per heavy atom. The van der Waals surface area contributed by atoms with Gasteiger partial charge in [0.25, 0.3) is 0 Å². The smallest absolute Gasteiger partial charge is 0.433 e. The van der Waals surface area contributed by atoms with Crippen LogP contribution >= 0.6 is 11.3 Å². The van der Waals surface area contributed by atoms with Gasteiger partial charge >= 0.3 is 12.1 Å². The van der Waals surface area contributed by atoms with Crippen LogP contribution in [0.15, 0.2) is 24.4 Å². The van der Waals surface area contributed by atoms with Crippen molar-refractivity contribution in [1.82, 2.24) is 9.88 Å². The predicted molar refractivity (Wildman–Crippen MR) is 78.3 cm³/mol. The Bertz CT molecular complexity index is 725. The van der Waals surface area contributed by atoms with Crippen LogP contribution in [0.5, 0.6) is 0 Å². The van der Waals surface area contributed by atoms with Crippen LogP contribution in [-0.4, -0.2) is 27.5 Å². The Labute approximate surface area is 134 Å². The van der Waals surface area contributed by atoms with E-state index >= 15 is 0 Å². The summed E-state index contributed by atoms with van der Waals surface area (Å²) in [6.07, 6.45) is -2.44. The molecule has 2 aromatic rings. The van der Waals surface area contributed by atoms with Crippen LogP contribution in [0.4, 0.5) is 13.2 Å². The molecule has 122 valence electrons. The van der Waals surface area contributed by atoms with Crippen molar-refractivity contribution in [3.05, 3.63) is 51.0 Å². The Morgan fingerprint density at radius 2 is 2.17 bits per heavy atom. The molecular weight excluding hydrogens is 329 g/mol. The number of fused-ring (bicyclic) bond motifs is 1. The van der Waals surface area contributed by atoms with E-state index in [1.807, 2.05) is 0 Å². The SMILES string of the molecule is O=C(O)c1cc2c(s1)CN(Cc1ccc(C(F)(F)F)nc1)CC2. The number of carbonyl (C=O) groups is 1. The molecule has 0 saturated heterocycles. The lowest BCUT2D eigenvalue weighted by atomic mass is 10.1. The molecule has 1 N–H and O–H groups in total. The lowest BCUT2D eigenvalue weighted by molar-refractivity contribution is -0.141. The van der Waals surface area contributed by atoms with Crippen LogP contribution in [0.1, 0.15) is 31.4 Å². The summed E-state index contributed by atoms with van der Waals surface area (Å²) in [5.74, 6) is -0.928. The van der Waals surface area contributed by atoms with Crippen LogP contribution < -0.4 is 0 Å². The van der Waals surface area contributed by atoms with Gasteiger partial charge in [-0.1, -0.05) is 6.07 Å². The van der Waals surface area contributed by atoms with Crippen molar-refractivity contribution in [3.63, 3.8) is 0 Å². The number of pyridine rings is 1. The molecule has 3 heterocycles. The van der Waals surface area contributed by atoms with E-state index in [9.17, 15) is 18.0 Å². The number of halogens is 3. The minimum absolute atomic E-state index is 0.327. The van der Waals surface area contributed by atoms with E-state index in [2.05, 4.69) is 9.88 Å². The molecule has 0 radical (unpaired) electrons. The molecular formula is C15H13F3N2O2S. The normalized spacial score (nSPS) is 15.4. The number of carboxylic acids is 1. The Kier molecular flexibility index (Phi) is 4.11. The summed E-state index contributed by atoms with van der Waals surface area (Å²) in [6.45, 7) is 1.84. The van der Waals surface area contributed by atoms with Crippen molar-refractivity contribution < 1.29 is 23.1 Å². The van der Waals surface area contributed by atoms with Crippen LogP contribution in [0.25, 0.3) is 0 Å². The fourth-order valence-electron chi connectivity index (χ4n) is 2.56. The molecule has 0 bridgehead atoms. The van der Waals surface area contributed by atoms with Crippen LogP contribution in [-0.2, 0) is 25.7 Å². The fraction of sp³-hybridized carbons (Fsp3) is 0.333. The van der Waals surface area contributed by atoms with Gasteiger partial charge in [-0.25, -0.2) is 4.79 Å². The summed E-state index contributed by atoms with van der Waals surface area (Å²) in [7, 11) is 0. The van der Waals surface area contributed by atoms with Gasteiger partial charge in [0, 0.05) is 30.7 Å². The monoisotopic (exact) mass is 342 g/mol. The number of thiophene rings is 1. The molecule has 3 rings (SSSR count). The van der Waals surface area contributed by atoms with E-state index in [4.69, 9.17) is 5.11 Å². The first-order chi connectivity index (χ1) is 10.8. The maximum absolute atomic E-state index is 12.5. The van der Waals surface area contributed by atoms with Crippen molar-refractivity contribution in [2.45, 2.75) is 25.7 Å². The maximum Gasteiger partial charge on any atom is 0.433 e. The van der Waals surface area contributed by atoms with Gasteiger partial charge in [0.2, 0.25) is 0 Å². The molecule has 0 atom stereocenters. The molecule has 1 aliphatic heterocycles. The van der Waals surface area contributed by atoms with Gasteiger partial charge in [0.05, 0.1) is 0 Å². The Balaban J connectivity index is 1.68. The number of hydrogen-bond donors (Lipinski definition) is 1. The van der Waals surface area contributed by atoms with Crippen LogP contribution in [0, 0.1) is 0 Å². The highest BCUT2D eigenvalue weighted by Crippen LogP contribution is 2.30. The van der Waals surface area contributed by atoms with Gasteiger partial charge in [-0.3, -0.25) is 9.88 Å². The van der Waals surface area contributed by atoms with E-state index in [0.29, 0.717) is 23.5 Å². The molecule has 0 amide bonds. The average Bonchev–Trinajstić information content (AvgIpc) is 2.90. The first kappa shape index (κ1) is 15.9. The maximum atomic E-state index is 12.5. The molecule has 0 saturated carbocycles. The van der Waals surface area contributed by atoms with Crippen molar-refractivity contribution >= 4 is 17.3 Å². The van der Waals surface area contributed by atoms with Gasteiger partial charge in [-0.15, -0.1) is 11.3 Å². The molecule has 4 nitrogen and oxygen atoms in total. The van der Waals surface area contributed by atoms with Crippen molar-refractivity contribution in [3.8, 4) is 0 Å². The summed E-state index contributed by atoms with van der Waals surface area (Å²) in [4.78, 5) is 17.9. The van der Waals surface area contributed by atoms with Gasteiger partial charge in [0.1, 0.15) is 10.6 Å². The second-order valence-electron chi connectivity index (χ2n) is 5.37. The van der Waals surface area contributed by atoms with Crippen LogP contribution in [0.2, 0.25) is 0 Å². The quantitative estimate of drug-likeness (QED) is 0.929. The van der Waals surface area contributed by atoms with Crippen molar-refractivity contribution in [1.29, 1.82) is 0 Å². The summed E-state index contributed by atoms with van der Waals surface area (Å²) < 4.78 is 37.5. The molecule has 0 aromatic carbocycles. The Morgan fingerprint density at radius 1 is 1.39 bits per heavy atom. The van der Waals surface area contributed by atoms with Gasteiger partial charge in [-0.05, 0) is 29.7 Å². The number of nitrogens with zero attached hydrogens (tertiary/aromatic N) is 2. The zero-order valence-corrected chi connectivity index (χ0v) is 12.7. The molecule has 0 aliphatic carbocycles. The first-order valence-corrected chi connectivity index (χ1v) is 7.74. The molecule has 0 unspecified atom stereocenters. The van der Waals surface area contributed by atoms with Gasteiger partial charge < -0.3 is 5.11 Å². The minimum Gasteiger partial charge on any atom is -0.477 e. The highest BCUT2D eigenvalue weighted by Gasteiger charge is 2.32. The van der Waals surface area contributed by atoms with Crippen molar-refractivity contribution in [2.24, 2.45) is 0 Å². The number of alkyl halides is 3. The highest BCUT2D eigenvalue weighted by molar-refractivity contribution is 7.14. The fourth-order valence-corrected chi connectivity index (χ4v) is 3.65. The molecule has 0 spiro atoms. The number of aromatic carboxylic acids is 1. The number of aromatic nitrogens is 1. The van der Waals surface area contributed by atoms with E-state index in [1.54, 1.807) is 6.07 Å². The second kappa shape index (κ2) is 5.93. The first-order valence-electron chi connectivity index (χ1n) is 6.92. The van der Waals surface area contributed by atoms with Gasteiger partial charge in [-0.2, -0.15) is 13.2 Å². The van der Waals surface area contributed by atoms with E-state index in [0.717, 1.165) is 29.5 Å². The summed E-state index contributed by atoms with van der Waals surface area (Å²) in [5, 5.41) is 9.02. The zero-order valence-electron chi connectivity index (χ0n) is 11.9. The molecule has 8 heteroatoms. The third-order valence-corrected chi connectivity index (χ3v) is 4.84. The van der Waals surface area contributed by atoms with Crippen molar-refractivity contribution in [2.75, 3.05) is 6.54 Å². The summed E-state index contributed by atoms with van der Waals surface area (Å²) in [6, 6.07) is 4.13. The minimum atomic E-state index is -4.43. The van der Waals surface area contributed by atoms with Gasteiger partial charge in [0.15, 0.2) is 0 Å². The average molecular weight is 342 g/mol. The zero-order chi connectivity index (χ0) is 16.6. The molecule has 2 aromatic heterocycles. The number of hydrogen-bond acceptors (Lipinski definition) is 4.